The van der Waals surface area contributed by atoms with Gasteiger partial charge in [-0.1, -0.05) is 144 Å². The monoisotopic (exact) mass is 924 g/mol. The molecule has 8 nitrogen and oxygen atoms in total. The van der Waals surface area contributed by atoms with Gasteiger partial charge in [-0.15, -0.1) is 0 Å². The molecule has 0 fully saturated rings. The number of benzene rings is 8. The normalized spacial score (nSPS) is 12.8. The summed E-state index contributed by atoms with van der Waals surface area (Å²) < 4.78 is 4.99. The number of aromatic nitrogens is 2. The fourth-order valence-corrected chi connectivity index (χ4v) is 10.2. The van der Waals surface area contributed by atoms with Crippen LogP contribution in [0.15, 0.2) is 146 Å². The standard InChI is InChI=1S/C62H60N4O4/c1-59(2,3)41-31-42(60(4,5)6)34-47(33-41)63-55-49-19-15-13-17-39(49)29-51(37-21-25-45(26-22-37)65(67)68)53(55)58-57(63)54-52(38-23-27-46(28-24-38)66(69)70)30-40-18-14-16-20-50(40)56(54)64(58)48-35-43(61(7,8)9)32-44(36-48)62(10,11)12/h13-36H,1-12H3. The van der Waals surface area contributed by atoms with Crippen LogP contribution in [0.3, 0.4) is 0 Å². The highest BCUT2D eigenvalue weighted by Crippen LogP contribution is 2.52. The third-order valence-electron chi connectivity index (χ3n) is 14.2. The van der Waals surface area contributed by atoms with E-state index < -0.39 is 0 Å². The van der Waals surface area contributed by atoms with Crippen LogP contribution in [-0.2, 0) is 21.7 Å². The van der Waals surface area contributed by atoms with Crippen LogP contribution in [0.4, 0.5) is 11.4 Å². The second kappa shape index (κ2) is 16.0. The lowest BCUT2D eigenvalue weighted by Crippen LogP contribution is -2.17. The second-order valence-electron chi connectivity index (χ2n) is 23.3. The summed E-state index contributed by atoms with van der Waals surface area (Å²) in [5.74, 6) is 0. The molecule has 0 bridgehead atoms. The molecule has 0 spiro atoms. The Hall–Kier alpha value is -7.58. The molecule has 8 heteroatoms. The van der Waals surface area contributed by atoms with Gasteiger partial charge in [0, 0.05) is 57.2 Å². The molecular weight excluding hydrogens is 865 g/mol. The van der Waals surface area contributed by atoms with Gasteiger partial charge in [0.1, 0.15) is 0 Å². The maximum Gasteiger partial charge on any atom is 0.269 e. The third-order valence-corrected chi connectivity index (χ3v) is 14.2. The molecule has 0 amide bonds. The van der Waals surface area contributed by atoms with E-state index in [-0.39, 0.29) is 42.9 Å². The predicted octanol–water partition coefficient (Wildman–Crippen LogP) is 17.4. The summed E-state index contributed by atoms with van der Waals surface area (Å²) in [6.07, 6.45) is 0. The number of non-ortho nitro benzene ring substituents is 2. The molecule has 2 aromatic heterocycles. The van der Waals surface area contributed by atoms with Crippen LogP contribution in [0, 0.1) is 20.2 Å². The average molecular weight is 925 g/mol. The lowest BCUT2D eigenvalue weighted by atomic mass is 9.80. The SMILES string of the molecule is CC(C)(C)c1cc(-n2c3c4ccccc4cc(-c4ccc([N+](=O)[O-])cc4)c3c3c2c2c(-c4ccc([N+](=O)[O-])cc4)cc4ccccc4c2n3-c2cc(C(C)(C)C)cc(C(C)(C)C)c2)cc(C(C)(C)C)c1. The van der Waals surface area contributed by atoms with Crippen LogP contribution >= 0.6 is 0 Å². The zero-order valence-corrected chi connectivity index (χ0v) is 42.3. The Kier molecular flexibility index (Phi) is 10.5. The number of hydrogen-bond donors (Lipinski definition) is 0. The van der Waals surface area contributed by atoms with Crippen molar-refractivity contribution in [3.63, 3.8) is 0 Å². The molecule has 0 saturated heterocycles. The van der Waals surface area contributed by atoms with Crippen LogP contribution in [-0.4, -0.2) is 19.0 Å². The van der Waals surface area contributed by atoms with E-state index in [4.69, 9.17) is 0 Å². The Balaban J connectivity index is 1.58. The molecule has 0 unspecified atom stereocenters. The van der Waals surface area contributed by atoms with Crippen LogP contribution in [0.5, 0.6) is 0 Å². The third kappa shape index (κ3) is 7.70. The van der Waals surface area contributed by atoms with E-state index in [1.54, 1.807) is 24.3 Å². The molecule has 0 saturated carbocycles. The van der Waals surface area contributed by atoms with E-state index in [9.17, 15) is 20.2 Å². The van der Waals surface area contributed by atoms with Gasteiger partial charge in [0.2, 0.25) is 0 Å². The zero-order chi connectivity index (χ0) is 50.0. The summed E-state index contributed by atoms with van der Waals surface area (Å²) in [5.41, 5.74) is 13.7. The Labute approximate surface area is 409 Å². The summed E-state index contributed by atoms with van der Waals surface area (Å²) in [6, 6.07) is 49.6. The maximum atomic E-state index is 12.1. The van der Waals surface area contributed by atoms with Crippen molar-refractivity contribution in [1.82, 2.24) is 9.13 Å². The number of hydrogen-bond acceptors (Lipinski definition) is 4. The van der Waals surface area contributed by atoms with E-state index in [1.165, 1.54) is 22.3 Å². The maximum absolute atomic E-state index is 12.1. The van der Waals surface area contributed by atoms with E-state index in [0.29, 0.717) is 0 Å². The van der Waals surface area contributed by atoms with Crippen molar-refractivity contribution in [2.24, 2.45) is 0 Å². The van der Waals surface area contributed by atoms with Crippen molar-refractivity contribution < 1.29 is 9.85 Å². The van der Waals surface area contributed by atoms with Gasteiger partial charge in [-0.05, 0) is 138 Å². The predicted molar refractivity (Wildman–Crippen MR) is 292 cm³/mol. The molecule has 0 radical (unpaired) electrons. The number of nitro benzene ring substituents is 2. The molecule has 0 aliphatic rings. The molecule has 10 aromatic rings. The Morgan fingerprint density at radius 1 is 0.371 bits per heavy atom. The second-order valence-corrected chi connectivity index (χ2v) is 23.3. The van der Waals surface area contributed by atoms with Gasteiger partial charge < -0.3 is 9.13 Å². The Bertz CT molecular complexity index is 3470. The van der Waals surface area contributed by atoms with Crippen LogP contribution in [0.2, 0.25) is 0 Å². The highest BCUT2D eigenvalue weighted by Gasteiger charge is 2.32. The molecule has 0 aliphatic heterocycles. The lowest BCUT2D eigenvalue weighted by Gasteiger charge is -2.27. The highest BCUT2D eigenvalue weighted by atomic mass is 16.6. The van der Waals surface area contributed by atoms with Crippen molar-refractivity contribution in [2.45, 2.75) is 105 Å². The van der Waals surface area contributed by atoms with E-state index in [1.807, 2.05) is 24.3 Å². The summed E-state index contributed by atoms with van der Waals surface area (Å²) in [6.45, 7) is 27.2. The average Bonchev–Trinajstić information content (AvgIpc) is 3.83. The fraction of sp³-hybridized carbons (Fsp3) is 0.258. The Morgan fingerprint density at radius 3 is 0.957 bits per heavy atom. The first-order valence-electron chi connectivity index (χ1n) is 24.2. The van der Waals surface area contributed by atoms with Crippen LogP contribution in [0.25, 0.3) is 88.0 Å². The summed E-state index contributed by atoms with van der Waals surface area (Å²) in [5, 5.41) is 30.5. The molecule has 70 heavy (non-hydrogen) atoms. The largest absolute Gasteiger partial charge is 0.306 e. The molecule has 2 heterocycles. The minimum atomic E-state index is -0.346. The van der Waals surface area contributed by atoms with Gasteiger partial charge in [-0.3, -0.25) is 20.2 Å². The number of nitrogens with zero attached hydrogens (tertiary/aromatic N) is 4. The molecule has 8 aromatic carbocycles. The van der Waals surface area contributed by atoms with Gasteiger partial charge >= 0.3 is 0 Å². The molecule has 352 valence electrons. The first-order chi connectivity index (χ1) is 32.9. The lowest BCUT2D eigenvalue weighted by molar-refractivity contribution is -0.385. The number of nitro groups is 2. The van der Waals surface area contributed by atoms with Gasteiger partial charge in [0.25, 0.3) is 11.4 Å². The molecule has 0 aliphatic carbocycles. The number of rotatable bonds is 6. The summed E-state index contributed by atoms with van der Waals surface area (Å²) >= 11 is 0. The van der Waals surface area contributed by atoms with E-state index in [2.05, 4.69) is 189 Å². The van der Waals surface area contributed by atoms with E-state index >= 15 is 0 Å². The smallest absolute Gasteiger partial charge is 0.269 e. The van der Waals surface area contributed by atoms with E-state index in [0.717, 1.165) is 88.0 Å². The number of fused-ring (bicyclic) bond motifs is 9. The molecule has 0 N–H and O–H groups in total. The summed E-state index contributed by atoms with van der Waals surface area (Å²) in [7, 11) is 0. The minimum Gasteiger partial charge on any atom is -0.306 e. The minimum absolute atomic E-state index is 0.0271. The van der Waals surface area contributed by atoms with Gasteiger partial charge in [0.15, 0.2) is 0 Å². The highest BCUT2D eigenvalue weighted by molar-refractivity contribution is 6.33. The molecule has 0 atom stereocenters. The molecule has 10 rings (SSSR count). The summed E-state index contributed by atoms with van der Waals surface area (Å²) in [4.78, 5) is 23.6. The van der Waals surface area contributed by atoms with Gasteiger partial charge in [0.05, 0.1) is 31.9 Å². The van der Waals surface area contributed by atoms with Gasteiger partial charge in [-0.2, -0.15) is 0 Å². The Morgan fingerprint density at radius 2 is 0.671 bits per heavy atom. The zero-order valence-electron chi connectivity index (χ0n) is 42.3. The van der Waals surface area contributed by atoms with Crippen molar-refractivity contribution in [3.05, 3.63) is 188 Å². The molecular formula is C62H60N4O4. The fourth-order valence-electron chi connectivity index (χ4n) is 10.2. The van der Waals surface area contributed by atoms with Crippen LogP contribution < -0.4 is 0 Å². The topological polar surface area (TPSA) is 96.1 Å². The van der Waals surface area contributed by atoms with Crippen molar-refractivity contribution in [1.29, 1.82) is 0 Å². The van der Waals surface area contributed by atoms with Gasteiger partial charge in [-0.25, -0.2) is 0 Å². The van der Waals surface area contributed by atoms with Crippen molar-refractivity contribution in [2.75, 3.05) is 0 Å². The first-order valence-corrected chi connectivity index (χ1v) is 24.2. The quantitative estimate of drug-likeness (QED) is 0.123. The van der Waals surface area contributed by atoms with Crippen molar-refractivity contribution >= 4 is 65.8 Å². The first kappa shape index (κ1) is 46.2. The van der Waals surface area contributed by atoms with Crippen molar-refractivity contribution in [3.8, 4) is 33.6 Å². The van der Waals surface area contributed by atoms with Crippen LogP contribution in [0.1, 0.15) is 105 Å².